The molecule has 1 fully saturated rings. The number of benzene rings is 1. The molecule has 0 heterocycles. The van der Waals surface area contributed by atoms with Crippen molar-refractivity contribution in [2.75, 3.05) is 7.11 Å². The Morgan fingerprint density at radius 2 is 1.62 bits per heavy atom. The summed E-state index contributed by atoms with van der Waals surface area (Å²) in [5.74, 6) is 2.16. The smallest absolute Gasteiger partial charge is 0.330 e. The summed E-state index contributed by atoms with van der Waals surface area (Å²) in [6.45, 7) is 0. The first-order chi connectivity index (χ1) is 12.8. The van der Waals surface area contributed by atoms with Gasteiger partial charge in [0.25, 0.3) is 0 Å². The first-order valence-electron chi connectivity index (χ1n) is 9.27. The molecule has 4 atom stereocenters. The second-order valence-electron chi connectivity index (χ2n) is 6.85. The molecule has 1 saturated carbocycles. The summed E-state index contributed by atoms with van der Waals surface area (Å²) in [5, 5.41) is 0. The van der Waals surface area contributed by atoms with E-state index in [1.807, 2.05) is 24.3 Å². The van der Waals surface area contributed by atoms with Crippen LogP contribution in [-0.2, 0) is 9.53 Å². The average Bonchev–Trinajstić information content (AvgIpc) is 2.68. The summed E-state index contributed by atoms with van der Waals surface area (Å²) in [7, 11) is 1.41. The van der Waals surface area contributed by atoms with E-state index < -0.39 is 0 Å². The Labute approximate surface area is 156 Å². The van der Waals surface area contributed by atoms with Crippen molar-refractivity contribution in [3.8, 4) is 0 Å². The van der Waals surface area contributed by atoms with Crippen molar-refractivity contribution in [2.45, 2.75) is 12.8 Å². The van der Waals surface area contributed by atoms with E-state index in [0.29, 0.717) is 23.7 Å². The minimum atomic E-state index is -0.276. The van der Waals surface area contributed by atoms with Gasteiger partial charge in [0, 0.05) is 6.08 Å². The van der Waals surface area contributed by atoms with Gasteiger partial charge in [0.2, 0.25) is 0 Å². The van der Waals surface area contributed by atoms with E-state index in [9.17, 15) is 4.79 Å². The molecule has 0 saturated heterocycles. The van der Waals surface area contributed by atoms with Crippen LogP contribution in [0.1, 0.15) is 18.4 Å². The molecular formula is C24H26O2. The van der Waals surface area contributed by atoms with Crippen LogP contribution in [0, 0.1) is 23.7 Å². The lowest BCUT2D eigenvalue weighted by molar-refractivity contribution is -0.134. The highest BCUT2D eigenvalue weighted by Gasteiger charge is 2.46. The normalized spacial score (nSPS) is 27.1. The van der Waals surface area contributed by atoms with Gasteiger partial charge in [-0.1, -0.05) is 85.0 Å². The minimum Gasteiger partial charge on any atom is -0.466 e. The van der Waals surface area contributed by atoms with Crippen molar-refractivity contribution in [1.82, 2.24) is 0 Å². The van der Waals surface area contributed by atoms with Crippen LogP contribution in [-0.4, -0.2) is 13.1 Å². The second-order valence-corrected chi connectivity index (χ2v) is 6.85. The largest absolute Gasteiger partial charge is 0.466 e. The van der Waals surface area contributed by atoms with Crippen LogP contribution in [0.3, 0.4) is 0 Å². The Kier molecular flexibility index (Phi) is 6.43. The maximum Gasteiger partial charge on any atom is 0.330 e. The molecule has 2 nitrogen and oxygen atoms in total. The minimum absolute atomic E-state index is 0.276. The summed E-state index contributed by atoms with van der Waals surface area (Å²) >= 11 is 0. The number of carbonyl (C=O) groups excluding carboxylic acids is 1. The summed E-state index contributed by atoms with van der Waals surface area (Å²) in [6.07, 6.45) is 23.1. The number of esters is 1. The van der Waals surface area contributed by atoms with Crippen LogP contribution in [0.25, 0.3) is 6.08 Å². The molecule has 26 heavy (non-hydrogen) atoms. The van der Waals surface area contributed by atoms with E-state index >= 15 is 0 Å². The van der Waals surface area contributed by atoms with Gasteiger partial charge < -0.3 is 4.74 Å². The van der Waals surface area contributed by atoms with Gasteiger partial charge in [-0.3, -0.25) is 0 Å². The van der Waals surface area contributed by atoms with Crippen LogP contribution in [0.5, 0.6) is 0 Å². The van der Waals surface area contributed by atoms with E-state index in [-0.39, 0.29) is 5.97 Å². The third-order valence-corrected chi connectivity index (χ3v) is 5.37. The molecule has 0 aliphatic heterocycles. The third-order valence-electron chi connectivity index (χ3n) is 5.37. The quantitative estimate of drug-likeness (QED) is 0.377. The molecular weight excluding hydrogens is 320 g/mol. The lowest BCUT2D eigenvalue weighted by atomic mass is 9.53. The van der Waals surface area contributed by atoms with Crippen molar-refractivity contribution >= 4 is 12.0 Å². The van der Waals surface area contributed by atoms with Crippen LogP contribution in [0.15, 0.2) is 85.0 Å². The van der Waals surface area contributed by atoms with Crippen molar-refractivity contribution in [3.05, 3.63) is 90.6 Å². The molecule has 0 aromatic heterocycles. The molecule has 3 rings (SSSR count). The van der Waals surface area contributed by atoms with Crippen LogP contribution in [0.2, 0.25) is 0 Å². The molecule has 0 unspecified atom stereocenters. The SMILES string of the molecule is COC(=O)/C=C/C[C@@H]1[C@H]2C=CC=C[C@H]2[C@H]1C/C=C/C=C/c1ccccc1. The zero-order chi connectivity index (χ0) is 18.2. The average molecular weight is 346 g/mol. The monoisotopic (exact) mass is 346 g/mol. The van der Waals surface area contributed by atoms with Gasteiger partial charge in [0.1, 0.15) is 0 Å². The van der Waals surface area contributed by atoms with E-state index in [1.165, 1.54) is 12.7 Å². The summed E-state index contributed by atoms with van der Waals surface area (Å²) in [6, 6.07) is 10.3. The summed E-state index contributed by atoms with van der Waals surface area (Å²) in [4.78, 5) is 11.3. The molecule has 1 aromatic rings. The number of ether oxygens (including phenoxy) is 1. The maximum absolute atomic E-state index is 11.3. The molecule has 2 aliphatic carbocycles. The Bertz CT molecular complexity index is 737. The van der Waals surface area contributed by atoms with Gasteiger partial charge in [-0.05, 0) is 42.1 Å². The van der Waals surface area contributed by atoms with E-state index in [2.05, 4.69) is 65.5 Å². The highest BCUT2D eigenvalue weighted by atomic mass is 16.5. The van der Waals surface area contributed by atoms with Crippen molar-refractivity contribution in [2.24, 2.45) is 23.7 Å². The van der Waals surface area contributed by atoms with E-state index in [4.69, 9.17) is 0 Å². The van der Waals surface area contributed by atoms with Crippen molar-refractivity contribution in [3.63, 3.8) is 0 Å². The Balaban J connectivity index is 1.55. The summed E-state index contributed by atoms with van der Waals surface area (Å²) in [5.41, 5.74) is 1.21. The van der Waals surface area contributed by atoms with E-state index in [1.54, 1.807) is 6.08 Å². The predicted octanol–water partition coefficient (Wildman–Crippen LogP) is 5.37. The van der Waals surface area contributed by atoms with Gasteiger partial charge in [0.15, 0.2) is 0 Å². The molecule has 0 amide bonds. The molecule has 2 heteroatoms. The fraction of sp³-hybridized carbons (Fsp3) is 0.292. The number of methoxy groups -OCH3 is 1. The first kappa shape index (κ1) is 18.2. The number of carbonyl (C=O) groups is 1. The fourth-order valence-corrected chi connectivity index (χ4v) is 4.02. The lowest BCUT2D eigenvalue weighted by Gasteiger charge is -2.51. The number of allylic oxidation sites excluding steroid dienone is 8. The van der Waals surface area contributed by atoms with Gasteiger partial charge in [0.05, 0.1) is 7.11 Å². The van der Waals surface area contributed by atoms with Crippen LogP contribution >= 0.6 is 0 Å². The van der Waals surface area contributed by atoms with Gasteiger partial charge in [-0.2, -0.15) is 0 Å². The molecule has 0 N–H and O–H groups in total. The first-order valence-corrected chi connectivity index (χ1v) is 9.27. The Hall–Kier alpha value is -2.61. The predicted molar refractivity (Wildman–Crippen MR) is 107 cm³/mol. The fourth-order valence-electron chi connectivity index (χ4n) is 4.02. The van der Waals surface area contributed by atoms with Gasteiger partial charge >= 0.3 is 5.97 Å². The Morgan fingerprint density at radius 1 is 0.962 bits per heavy atom. The lowest BCUT2D eigenvalue weighted by Crippen LogP contribution is -2.45. The molecule has 2 aliphatic rings. The molecule has 0 radical (unpaired) electrons. The number of hydrogen-bond donors (Lipinski definition) is 0. The van der Waals surface area contributed by atoms with Gasteiger partial charge in [-0.25, -0.2) is 4.79 Å². The second kappa shape index (κ2) is 9.19. The highest BCUT2D eigenvalue weighted by Crippen LogP contribution is 2.52. The zero-order valence-corrected chi connectivity index (χ0v) is 15.2. The van der Waals surface area contributed by atoms with Crippen LogP contribution in [0.4, 0.5) is 0 Å². The topological polar surface area (TPSA) is 26.3 Å². The molecule has 0 bridgehead atoms. The van der Waals surface area contributed by atoms with Gasteiger partial charge in [-0.15, -0.1) is 0 Å². The third kappa shape index (κ3) is 4.51. The molecule has 134 valence electrons. The highest BCUT2D eigenvalue weighted by molar-refractivity contribution is 5.81. The van der Waals surface area contributed by atoms with Crippen molar-refractivity contribution in [1.29, 1.82) is 0 Å². The summed E-state index contributed by atoms with van der Waals surface area (Å²) < 4.78 is 4.68. The maximum atomic E-state index is 11.3. The standard InChI is InChI=1S/C24H26O2/c1-26-24(25)18-10-17-23-20(21-15-8-9-16-22(21)23)14-7-3-6-13-19-11-4-2-5-12-19/h2-13,15-16,18,20-23H,14,17H2,1H3/b7-3+,13-6+,18-10+/t20-,21+,22+,23+/m1/s1. The molecule has 1 aromatic carbocycles. The number of fused-ring (bicyclic) bond motifs is 1. The molecule has 0 spiro atoms. The van der Waals surface area contributed by atoms with E-state index in [0.717, 1.165) is 12.8 Å². The van der Waals surface area contributed by atoms with Crippen LogP contribution < -0.4 is 0 Å². The zero-order valence-electron chi connectivity index (χ0n) is 15.2. The number of rotatable bonds is 7. The number of hydrogen-bond acceptors (Lipinski definition) is 2. The van der Waals surface area contributed by atoms with Crippen molar-refractivity contribution < 1.29 is 9.53 Å². The Morgan fingerprint density at radius 3 is 2.27 bits per heavy atom.